The van der Waals surface area contributed by atoms with E-state index in [1.54, 1.807) is 36.3 Å². The fraction of sp³-hybridized carbons (Fsp3) is 0.417. The van der Waals surface area contributed by atoms with Crippen molar-refractivity contribution < 1.29 is 23.8 Å². The summed E-state index contributed by atoms with van der Waals surface area (Å²) in [5.74, 6) is 1.25. The van der Waals surface area contributed by atoms with Crippen molar-refractivity contribution in [2.45, 2.75) is 18.9 Å². The second kappa shape index (κ2) is 9.83. The molecule has 0 aromatic heterocycles. The van der Waals surface area contributed by atoms with Gasteiger partial charge in [-0.2, -0.15) is 0 Å². The summed E-state index contributed by atoms with van der Waals surface area (Å²) in [5, 5.41) is 0. The predicted molar refractivity (Wildman–Crippen MR) is 116 cm³/mol. The van der Waals surface area contributed by atoms with E-state index in [2.05, 4.69) is 0 Å². The van der Waals surface area contributed by atoms with Crippen LogP contribution in [-0.4, -0.2) is 74.2 Å². The number of morpholine rings is 1. The summed E-state index contributed by atoms with van der Waals surface area (Å²) in [5.41, 5.74) is 1.21. The minimum atomic E-state index is -0.0324. The highest BCUT2D eigenvalue weighted by Gasteiger charge is 2.31. The van der Waals surface area contributed by atoms with Crippen molar-refractivity contribution >= 4 is 11.8 Å². The molecule has 2 aromatic rings. The molecule has 0 saturated carbocycles. The fourth-order valence-corrected chi connectivity index (χ4v) is 4.09. The summed E-state index contributed by atoms with van der Waals surface area (Å²) >= 11 is 0. The first kappa shape index (κ1) is 21.2. The highest BCUT2D eigenvalue weighted by Crippen LogP contribution is 2.26. The van der Waals surface area contributed by atoms with Crippen molar-refractivity contribution in [2.75, 3.05) is 46.6 Å². The minimum Gasteiger partial charge on any atom is -0.496 e. The van der Waals surface area contributed by atoms with Crippen molar-refractivity contribution in [3.63, 3.8) is 0 Å². The first-order valence-electron chi connectivity index (χ1n) is 10.7. The molecule has 2 fully saturated rings. The molecule has 0 aliphatic carbocycles. The third-order valence-corrected chi connectivity index (χ3v) is 5.82. The quantitative estimate of drug-likeness (QED) is 0.713. The van der Waals surface area contributed by atoms with Gasteiger partial charge in [0.15, 0.2) is 0 Å². The molecule has 0 unspecified atom stereocenters. The molecule has 0 radical (unpaired) electrons. The lowest BCUT2D eigenvalue weighted by molar-refractivity contribution is 0.0303. The van der Waals surface area contributed by atoms with E-state index in [0.717, 1.165) is 12.8 Å². The van der Waals surface area contributed by atoms with Gasteiger partial charge in [0, 0.05) is 25.2 Å². The van der Waals surface area contributed by atoms with Gasteiger partial charge in [0.1, 0.15) is 18.1 Å². The smallest absolute Gasteiger partial charge is 0.257 e. The Balaban J connectivity index is 1.36. The van der Waals surface area contributed by atoms with Crippen LogP contribution in [0.2, 0.25) is 0 Å². The van der Waals surface area contributed by atoms with Gasteiger partial charge in [-0.15, -0.1) is 0 Å². The van der Waals surface area contributed by atoms with Gasteiger partial charge in [-0.05, 0) is 49.2 Å². The zero-order chi connectivity index (χ0) is 21.6. The Hall–Kier alpha value is -3.06. The van der Waals surface area contributed by atoms with Crippen LogP contribution in [0.3, 0.4) is 0 Å². The van der Waals surface area contributed by atoms with Crippen molar-refractivity contribution in [1.29, 1.82) is 0 Å². The van der Waals surface area contributed by atoms with Gasteiger partial charge in [0.05, 0.1) is 31.9 Å². The Morgan fingerprint density at radius 3 is 2.48 bits per heavy atom. The van der Waals surface area contributed by atoms with Crippen LogP contribution in [0.25, 0.3) is 0 Å². The molecular formula is C24H28N2O5. The van der Waals surface area contributed by atoms with Gasteiger partial charge in [0.2, 0.25) is 0 Å². The van der Waals surface area contributed by atoms with Crippen molar-refractivity contribution in [1.82, 2.24) is 9.80 Å². The van der Waals surface area contributed by atoms with Gasteiger partial charge in [-0.3, -0.25) is 9.59 Å². The molecule has 7 heteroatoms. The summed E-state index contributed by atoms with van der Waals surface area (Å²) in [6, 6.07) is 14.5. The first-order chi connectivity index (χ1) is 15.2. The number of benzene rings is 2. The maximum atomic E-state index is 13.1. The van der Waals surface area contributed by atoms with Gasteiger partial charge >= 0.3 is 0 Å². The van der Waals surface area contributed by atoms with Crippen molar-refractivity contribution in [3.05, 3.63) is 59.7 Å². The summed E-state index contributed by atoms with van der Waals surface area (Å²) in [6.07, 6.45) is 1.84. The number of likely N-dealkylation sites (tertiary alicyclic amines) is 1. The number of amides is 2. The van der Waals surface area contributed by atoms with Crippen LogP contribution in [0.1, 0.15) is 33.6 Å². The van der Waals surface area contributed by atoms with Gasteiger partial charge in [0.25, 0.3) is 11.8 Å². The molecule has 0 N–H and O–H groups in total. The van der Waals surface area contributed by atoms with Gasteiger partial charge in [-0.1, -0.05) is 12.1 Å². The molecule has 2 amide bonds. The largest absolute Gasteiger partial charge is 0.496 e. The lowest BCUT2D eigenvalue weighted by atomic mass is 10.1. The van der Waals surface area contributed by atoms with E-state index >= 15 is 0 Å². The number of ether oxygens (including phenoxy) is 3. The van der Waals surface area contributed by atoms with Crippen molar-refractivity contribution in [3.8, 4) is 11.5 Å². The van der Waals surface area contributed by atoms with Crippen LogP contribution in [0.4, 0.5) is 0 Å². The highest BCUT2D eigenvalue weighted by molar-refractivity contribution is 5.97. The van der Waals surface area contributed by atoms with Crippen LogP contribution in [0.5, 0.6) is 11.5 Å². The maximum Gasteiger partial charge on any atom is 0.257 e. The Morgan fingerprint density at radius 1 is 1.00 bits per heavy atom. The van der Waals surface area contributed by atoms with E-state index in [0.29, 0.717) is 62.1 Å². The average Bonchev–Trinajstić information content (AvgIpc) is 3.31. The highest BCUT2D eigenvalue weighted by atomic mass is 16.5. The van der Waals surface area contributed by atoms with Crippen LogP contribution in [0.15, 0.2) is 48.5 Å². The Morgan fingerprint density at radius 2 is 1.74 bits per heavy atom. The predicted octanol–water partition coefficient (Wildman–Crippen LogP) is 2.85. The third kappa shape index (κ3) is 4.82. The van der Waals surface area contributed by atoms with E-state index in [1.807, 2.05) is 29.2 Å². The molecule has 164 valence electrons. The van der Waals surface area contributed by atoms with Gasteiger partial charge in [-0.25, -0.2) is 0 Å². The van der Waals surface area contributed by atoms with Crippen LogP contribution >= 0.6 is 0 Å². The summed E-state index contributed by atoms with van der Waals surface area (Å²) < 4.78 is 16.6. The maximum absolute atomic E-state index is 13.1. The Labute approximate surface area is 182 Å². The average molecular weight is 424 g/mol. The molecule has 2 heterocycles. The number of rotatable bonds is 6. The van der Waals surface area contributed by atoms with E-state index in [9.17, 15) is 9.59 Å². The fourth-order valence-electron chi connectivity index (χ4n) is 4.09. The van der Waals surface area contributed by atoms with E-state index in [-0.39, 0.29) is 17.9 Å². The molecule has 0 bridgehead atoms. The molecular weight excluding hydrogens is 396 g/mol. The molecule has 2 aromatic carbocycles. The number of carbonyl (C=O) groups excluding carboxylic acids is 2. The lowest BCUT2D eigenvalue weighted by Gasteiger charge is -2.27. The van der Waals surface area contributed by atoms with Crippen LogP contribution in [0, 0.1) is 0 Å². The Bertz CT molecular complexity index is 908. The minimum absolute atomic E-state index is 0.00655. The van der Waals surface area contributed by atoms with E-state index in [1.165, 1.54) is 0 Å². The zero-order valence-electron chi connectivity index (χ0n) is 17.8. The number of para-hydroxylation sites is 1. The normalized spacial score (nSPS) is 18.7. The number of methoxy groups -OCH3 is 1. The molecule has 2 saturated heterocycles. The molecule has 0 spiro atoms. The van der Waals surface area contributed by atoms with Crippen molar-refractivity contribution in [2.24, 2.45) is 0 Å². The molecule has 2 aliphatic rings. The second-order valence-electron chi connectivity index (χ2n) is 7.73. The molecule has 7 nitrogen and oxygen atoms in total. The summed E-state index contributed by atoms with van der Waals surface area (Å²) in [7, 11) is 1.57. The van der Waals surface area contributed by atoms with Crippen LogP contribution in [-0.2, 0) is 4.74 Å². The SMILES string of the molecule is COc1ccccc1C(=O)N1CCC[C@H]1COc1ccc(C(=O)N2CCOCC2)cc1. The Kier molecular flexibility index (Phi) is 6.72. The molecule has 4 rings (SSSR count). The zero-order valence-corrected chi connectivity index (χ0v) is 17.8. The van der Waals surface area contributed by atoms with E-state index in [4.69, 9.17) is 14.2 Å². The molecule has 31 heavy (non-hydrogen) atoms. The summed E-state index contributed by atoms with van der Waals surface area (Å²) in [6.45, 7) is 3.52. The number of nitrogens with zero attached hydrogens (tertiary/aromatic N) is 2. The molecule has 2 aliphatic heterocycles. The first-order valence-corrected chi connectivity index (χ1v) is 10.7. The van der Waals surface area contributed by atoms with Gasteiger partial charge < -0.3 is 24.0 Å². The number of hydrogen-bond donors (Lipinski definition) is 0. The standard InChI is InChI=1S/C24H28N2O5/c1-29-22-7-3-2-6-21(22)24(28)26-12-4-5-19(26)17-31-20-10-8-18(9-11-20)23(27)25-13-15-30-16-14-25/h2-3,6-11,19H,4-5,12-17H2,1H3/t19-/m0/s1. The topological polar surface area (TPSA) is 68.3 Å². The third-order valence-electron chi connectivity index (χ3n) is 5.82. The second-order valence-corrected chi connectivity index (χ2v) is 7.73. The van der Waals surface area contributed by atoms with Crippen LogP contribution < -0.4 is 9.47 Å². The summed E-state index contributed by atoms with van der Waals surface area (Å²) in [4.78, 5) is 29.3. The number of carbonyl (C=O) groups is 2. The van der Waals surface area contributed by atoms with E-state index < -0.39 is 0 Å². The molecule has 1 atom stereocenters. The number of hydrogen-bond acceptors (Lipinski definition) is 5. The lowest BCUT2D eigenvalue weighted by Crippen LogP contribution is -2.40. The monoisotopic (exact) mass is 424 g/mol.